The molecule has 140 valence electrons. The minimum atomic E-state index is -0.560. The van der Waals surface area contributed by atoms with Crippen LogP contribution in [0.4, 0.5) is 5.69 Å². The Hall–Kier alpha value is -3.48. The topological polar surface area (TPSA) is 89.7 Å². The Balaban J connectivity index is 2.13. The summed E-state index contributed by atoms with van der Waals surface area (Å²) in [6, 6.07) is 12.1. The predicted octanol–water partition coefficient (Wildman–Crippen LogP) is 3.61. The van der Waals surface area contributed by atoms with E-state index in [1.807, 2.05) is 6.07 Å². The number of hydrogen-bond acceptors (Lipinski definition) is 5. The molecular weight excluding hydrogens is 348 g/mol. The Labute approximate surface area is 156 Å². The lowest BCUT2D eigenvalue weighted by atomic mass is 10.1. The van der Waals surface area contributed by atoms with Crippen molar-refractivity contribution in [1.82, 2.24) is 4.98 Å². The molecule has 0 aliphatic rings. The van der Waals surface area contributed by atoms with Gasteiger partial charge in [-0.05, 0) is 25.1 Å². The number of fused-ring (bicyclic) bond motifs is 1. The first kappa shape index (κ1) is 18.3. The van der Waals surface area contributed by atoms with Crippen molar-refractivity contribution in [2.24, 2.45) is 0 Å². The van der Waals surface area contributed by atoms with Crippen LogP contribution in [0.25, 0.3) is 10.9 Å². The van der Waals surface area contributed by atoms with Gasteiger partial charge in [-0.1, -0.05) is 18.2 Å². The lowest BCUT2D eigenvalue weighted by Gasteiger charge is -2.09. The molecule has 0 saturated carbocycles. The maximum atomic E-state index is 12.6. The third-order valence-electron chi connectivity index (χ3n) is 4.06. The molecule has 2 aromatic carbocycles. The number of carbonyl (C=O) groups excluding carboxylic acids is 2. The van der Waals surface area contributed by atoms with E-state index in [-0.39, 0.29) is 18.2 Å². The van der Waals surface area contributed by atoms with Crippen molar-refractivity contribution in [1.29, 1.82) is 0 Å². The first-order valence-corrected chi connectivity index (χ1v) is 8.40. The molecule has 0 aliphatic carbocycles. The molecule has 0 fully saturated rings. The van der Waals surface area contributed by atoms with Crippen LogP contribution in [0, 0.1) is 0 Å². The summed E-state index contributed by atoms with van der Waals surface area (Å²) in [5.41, 5.74) is 1.57. The number of nitrogens with one attached hydrogen (secondary N) is 2. The van der Waals surface area contributed by atoms with Crippen molar-refractivity contribution in [2.45, 2.75) is 6.92 Å². The van der Waals surface area contributed by atoms with Gasteiger partial charge in [0, 0.05) is 17.0 Å². The maximum Gasteiger partial charge on any atom is 0.356 e. The first-order valence-electron chi connectivity index (χ1n) is 8.40. The van der Waals surface area contributed by atoms with Crippen molar-refractivity contribution < 1.29 is 23.8 Å². The van der Waals surface area contributed by atoms with Crippen LogP contribution in [-0.2, 0) is 4.74 Å². The molecule has 7 nitrogen and oxygen atoms in total. The number of benzene rings is 2. The van der Waals surface area contributed by atoms with Gasteiger partial charge in [-0.3, -0.25) is 4.79 Å². The minimum absolute atomic E-state index is 0.159. The standard InChI is InChI=1S/C20H20N2O5/c1-4-27-20(24)18-17(22-19(23)12-8-6-5-7-9-12)13-10-15(25-2)16(26-3)11-14(13)21-18/h5-11,21H,4H2,1-3H3,(H,22,23). The van der Waals surface area contributed by atoms with E-state index < -0.39 is 5.97 Å². The number of H-pyrrole nitrogens is 1. The van der Waals surface area contributed by atoms with Gasteiger partial charge >= 0.3 is 5.97 Å². The predicted molar refractivity (Wildman–Crippen MR) is 102 cm³/mol. The molecule has 0 saturated heterocycles. The fraction of sp³-hybridized carbons (Fsp3) is 0.200. The normalized spacial score (nSPS) is 10.5. The number of carbonyl (C=O) groups is 2. The SMILES string of the molecule is CCOC(=O)c1[nH]c2cc(OC)c(OC)cc2c1NC(=O)c1ccccc1. The van der Waals surface area contributed by atoms with Crippen molar-refractivity contribution in [3.05, 3.63) is 53.7 Å². The zero-order chi connectivity index (χ0) is 19.4. The molecule has 3 aromatic rings. The molecule has 1 amide bonds. The van der Waals surface area contributed by atoms with Gasteiger partial charge in [-0.15, -0.1) is 0 Å². The maximum absolute atomic E-state index is 12.6. The Morgan fingerprint density at radius 3 is 2.33 bits per heavy atom. The second-order valence-electron chi connectivity index (χ2n) is 5.67. The fourth-order valence-electron chi connectivity index (χ4n) is 2.78. The van der Waals surface area contributed by atoms with Crippen LogP contribution >= 0.6 is 0 Å². The fourth-order valence-corrected chi connectivity index (χ4v) is 2.78. The number of aromatic amines is 1. The van der Waals surface area contributed by atoms with Crippen molar-refractivity contribution >= 4 is 28.5 Å². The number of esters is 1. The number of amides is 1. The molecule has 0 radical (unpaired) electrons. The number of hydrogen-bond donors (Lipinski definition) is 2. The third-order valence-corrected chi connectivity index (χ3v) is 4.06. The van der Waals surface area contributed by atoms with E-state index in [1.54, 1.807) is 43.3 Å². The van der Waals surface area contributed by atoms with E-state index in [0.29, 0.717) is 33.7 Å². The molecule has 27 heavy (non-hydrogen) atoms. The molecule has 0 atom stereocenters. The summed E-state index contributed by atoms with van der Waals surface area (Å²) >= 11 is 0. The van der Waals surface area contributed by atoms with Gasteiger partial charge < -0.3 is 24.5 Å². The average molecular weight is 368 g/mol. The molecule has 3 rings (SSSR count). The quantitative estimate of drug-likeness (QED) is 0.649. The van der Waals surface area contributed by atoms with Crippen LogP contribution in [0.15, 0.2) is 42.5 Å². The summed E-state index contributed by atoms with van der Waals surface area (Å²) in [6.45, 7) is 1.93. The van der Waals surface area contributed by atoms with Crippen LogP contribution < -0.4 is 14.8 Å². The minimum Gasteiger partial charge on any atom is -0.493 e. The Morgan fingerprint density at radius 1 is 1.04 bits per heavy atom. The largest absolute Gasteiger partial charge is 0.493 e. The van der Waals surface area contributed by atoms with E-state index in [2.05, 4.69) is 10.3 Å². The van der Waals surface area contributed by atoms with Crippen molar-refractivity contribution in [3.63, 3.8) is 0 Å². The van der Waals surface area contributed by atoms with Gasteiger partial charge in [0.2, 0.25) is 0 Å². The molecular formula is C20H20N2O5. The zero-order valence-corrected chi connectivity index (χ0v) is 15.3. The summed E-state index contributed by atoms with van der Waals surface area (Å²) in [5.74, 6) is 0.0871. The Bertz CT molecular complexity index is 979. The van der Waals surface area contributed by atoms with Crippen LogP contribution in [0.5, 0.6) is 11.5 Å². The summed E-state index contributed by atoms with van der Waals surface area (Å²) in [6.07, 6.45) is 0. The second-order valence-corrected chi connectivity index (χ2v) is 5.67. The number of anilines is 1. The smallest absolute Gasteiger partial charge is 0.356 e. The number of methoxy groups -OCH3 is 2. The van der Waals surface area contributed by atoms with Gasteiger partial charge in [-0.2, -0.15) is 0 Å². The van der Waals surface area contributed by atoms with Gasteiger partial charge in [-0.25, -0.2) is 4.79 Å². The van der Waals surface area contributed by atoms with Crippen molar-refractivity contribution in [3.8, 4) is 11.5 Å². The average Bonchev–Trinajstić information content (AvgIpc) is 3.05. The zero-order valence-electron chi connectivity index (χ0n) is 15.3. The first-order chi connectivity index (χ1) is 13.1. The van der Waals surface area contributed by atoms with E-state index in [9.17, 15) is 9.59 Å². The molecule has 0 spiro atoms. The molecule has 0 unspecified atom stereocenters. The van der Waals surface area contributed by atoms with E-state index >= 15 is 0 Å². The Morgan fingerprint density at radius 2 is 1.70 bits per heavy atom. The van der Waals surface area contributed by atoms with Gasteiger partial charge in [0.05, 0.1) is 32.0 Å². The van der Waals surface area contributed by atoms with Crippen LogP contribution in [-0.4, -0.2) is 37.7 Å². The highest BCUT2D eigenvalue weighted by atomic mass is 16.5. The van der Waals surface area contributed by atoms with E-state index in [4.69, 9.17) is 14.2 Å². The Kier molecular flexibility index (Phi) is 5.30. The second kappa shape index (κ2) is 7.82. The lowest BCUT2D eigenvalue weighted by Crippen LogP contribution is -2.15. The highest BCUT2D eigenvalue weighted by molar-refractivity contribution is 6.15. The van der Waals surface area contributed by atoms with Crippen LogP contribution in [0.3, 0.4) is 0 Å². The summed E-state index contributed by atoms with van der Waals surface area (Å²) < 4.78 is 15.8. The van der Waals surface area contributed by atoms with Gasteiger partial charge in [0.15, 0.2) is 11.5 Å². The summed E-state index contributed by atoms with van der Waals surface area (Å²) in [4.78, 5) is 28.0. The monoisotopic (exact) mass is 368 g/mol. The molecule has 1 heterocycles. The molecule has 7 heteroatoms. The number of ether oxygens (including phenoxy) is 3. The summed E-state index contributed by atoms with van der Waals surface area (Å²) in [7, 11) is 3.04. The number of rotatable bonds is 6. The van der Waals surface area contributed by atoms with E-state index in [0.717, 1.165) is 0 Å². The highest BCUT2D eigenvalue weighted by Gasteiger charge is 2.23. The molecule has 2 N–H and O–H groups in total. The van der Waals surface area contributed by atoms with E-state index in [1.165, 1.54) is 14.2 Å². The van der Waals surface area contributed by atoms with Crippen molar-refractivity contribution in [2.75, 3.05) is 26.1 Å². The molecule has 0 bridgehead atoms. The third kappa shape index (κ3) is 3.57. The number of aromatic nitrogens is 1. The van der Waals surface area contributed by atoms with Gasteiger partial charge in [0.1, 0.15) is 5.69 Å². The summed E-state index contributed by atoms with van der Waals surface area (Å²) in [5, 5.41) is 3.42. The molecule has 1 aromatic heterocycles. The van der Waals surface area contributed by atoms with Gasteiger partial charge in [0.25, 0.3) is 5.91 Å². The van der Waals surface area contributed by atoms with Crippen LogP contribution in [0.2, 0.25) is 0 Å². The highest BCUT2D eigenvalue weighted by Crippen LogP contribution is 2.37. The van der Waals surface area contributed by atoms with Crippen LogP contribution in [0.1, 0.15) is 27.8 Å². The molecule has 0 aliphatic heterocycles. The lowest BCUT2D eigenvalue weighted by molar-refractivity contribution is 0.0522.